The SMILES string of the molecule is O=C(CN1CCNCC1)c1csnc2cnnc1-2. The quantitative estimate of drug-likeness (QED) is 0.794. The summed E-state index contributed by atoms with van der Waals surface area (Å²) in [6.07, 6.45) is 1.59. The van der Waals surface area contributed by atoms with Crippen molar-refractivity contribution in [2.24, 2.45) is 0 Å². The second-order valence-electron chi connectivity index (χ2n) is 4.26. The molecule has 94 valence electrons. The van der Waals surface area contributed by atoms with Crippen LogP contribution in [0.25, 0.3) is 11.4 Å². The van der Waals surface area contributed by atoms with Crippen LogP contribution in [0.2, 0.25) is 0 Å². The van der Waals surface area contributed by atoms with Gasteiger partial charge in [-0.2, -0.15) is 9.47 Å². The summed E-state index contributed by atoms with van der Waals surface area (Å²) in [5.41, 5.74) is 1.96. The molecule has 0 aliphatic carbocycles. The number of ketones is 1. The van der Waals surface area contributed by atoms with Gasteiger partial charge in [0, 0.05) is 31.6 Å². The van der Waals surface area contributed by atoms with E-state index in [1.165, 1.54) is 11.5 Å². The summed E-state index contributed by atoms with van der Waals surface area (Å²) in [5, 5.41) is 12.8. The zero-order valence-electron chi connectivity index (χ0n) is 9.80. The van der Waals surface area contributed by atoms with Crippen LogP contribution in [0, 0.1) is 0 Å². The number of nitrogens with one attached hydrogen (secondary N) is 1. The predicted molar refractivity (Wildman–Crippen MR) is 68.0 cm³/mol. The van der Waals surface area contributed by atoms with Crippen LogP contribution in [-0.2, 0) is 0 Å². The largest absolute Gasteiger partial charge is 0.314 e. The van der Waals surface area contributed by atoms with Crippen LogP contribution in [0.15, 0.2) is 11.6 Å². The van der Waals surface area contributed by atoms with Gasteiger partial charge >= 0.3 is 0 Å². The molecule has 0 saturated carbocycles. The van der Waals surface area contributed by atoms with Crippen molar-refractivity contribution >= 4 is 17.3 Å². The number of aromatic nitrogens is 3. The summed E-state index contributed by atoms with van der Waals surface area (Å²) < 4.78 is 4.17. The first-order chi connectivity index (χ1) is 8.84. The smallest absolute Gasteiger partial charge is 0.180 e. The summed E-state index contributed by atoms with van der Waals surface area (Å²) in [5.74, 6) is 0.0982. The summed E-state index contributed by atoms with van der Waals surface area (Å²) in [7, 11) is 0. The Morgan fingerprint density at radius 1 is 1.44 bits per heavy atom. The van der Waals surface area contributed by atoms with Crippen LogP contribution in [0.5, 0.6) is 0 Å². The zero-order chi connectivity index (χ0) is 12.4. The highest BCUT2D eigenvalue weighted by molar-refractivity contribution is 7.03. The third-order valence-electron chi connectivity index (χ3n) is 3.03. The van der Waals surface area contributed by atoms with Crippen molar-refractivity contribution in [1.29, 1.82) is 0 Å². The van der Waals surface area contributed by atoms with E-state index in [1.807, 2.05) is 0 Å². The Labute approximate surface area is 109 Å². The van der Waals surface area contributed by atoms with Gasteiger partial charge in [-0.1, -0.05) is 0 Å². The molecule has 0 aromatic rings. The first-order valence-corrected chi connectivity index (χ1v) is 6.70. The molecular weight excluding hydrogens is 250 g/mol. The highest BCUT2D eigenvalue weighted by Gasteiger charge is 2.21. The van der Waals surface area contributed by atoms with E-state index in [-0.39, 0.29) is 5.78 Å². The molecule has 3 aliphatic rings. The number of nitrogens with zero attached hydrogens (tertiary/aromatic N) is 4. The molecule has 0 radical (unpaired) electrons. The van der Waals surface area contributed by atoms with E-state index in [2.05, 4.69) is 24.8 Å². The maximum absolute atomic E-state index is 12.3. The Hall–Kier alpha value is -1.44. The molecule has 18 heavy (non-hydrogen) atoms. The molecule has 0 unspecified atom stereocenters. The Kier molecular flexibility index (Phi) is 3.26. The number of Topliss-reactive ketones (excluding diaryl/α,β-unsaturated/α-hetero) is 1. The zero-order valence-corrected chi connectivity index (χ0v) is 10.6. The topological polar surface area (TPSA) is 71.0 Å². The average molecular weight is 263 g/mol. The van der Waals surface area contributed by atoms with Gasteiger partial charge < -0.3 is 5.32 Å². The molecule has 0 aromatic carbocycles. The molecule has 3 aliphatic heterocycles. The second kappa shape index (κ2) is 5.05. The number of piperazine rings is 1. The van der Waals surface area contributed by atoms with E-state index < -0.39 is 0 Å². The van der Waals surface area contributed by atoms with Gasteiger partial charge in [0.15, 0.2) is 5.78 Å². The Balaban J connectivity index is 1.77. The van der Waals surface area contributed by atoms with E-state index in [1.54, 1.807) is 11.6 Å². The number of hydrogen-bond donors (Lipinski definition) is 1. The van der Waals surface area contributed by atoms with Gasteiger partial charge in [0.2, 0.25) is 0 Å². The number of carbonyl (C=O) groups is 1. The average Bonchev–Trinajstić information content (AvgIpc) is 2.87. The number of rotatable bonds is 3. The van der Waals surface area contributed by atoms with E-state index in [9.17, 15) is 4.79 Å². The minimum atomic E-state index is 0.0982. The summed E-state index contributed by atoms with van der Waals surface area (Å²) in [6.45, 7) is 4.15. The summed E-state index contributed by atoms with van der Waals surface area (Å²) >= 11 is 1.27. The number of fused-ring (bicyclic) bond motifs is 1. The minimum absolute atomic E-state index is 0.0982. The van der Waals surface area contributed by atoms with Crippen molar-refractivity contribution in [2.45, 2.75) is 0 Å². The first-order valence-electron chi connectivity index (χ1n) is 5.86. The highest BCUT2D eigenvalue weighted by Crippen LogP contribution is 2.22. The lowest BCUT2D eigenvalue weighted by atomic mass is 10.1. The van der Waals surface area contributed by atoms with Crippen LogP contribution in [0.1, 0.15) is 10.4 Å². The van der Waals surface area contributed by atoms with Gasteiger partial charge in [0.25, 0.3) is 0 Å². The van der Waals surface area contributed by atoms with Crippen molar-refractivity contribution < 1.29 is 4.79 Å². The first kappa shape index (κ1) is 11.6. The standard InChI is InChI=1S/C11H13N5OS/c17-10(6-16-3-1-12-2-4-16)8-7-18-15-9-5-13-14-11(8)9/h5,7,12H,1-4,6H2. The molecule has 0 bridgehead atoms. The van der Waals surface area contributed by atoms with Crippen LogP contribution >= 0.6 is 11.5 Å². The fourth-order valence-corrected chi connectivity index (χ4v) is 2.71. The van der Waals surface area contributed by atoms with Gasteiger partial charge in [-0.05, 0) is 11.5 Å². The predicted octanol–water partition coefficient (Wildman–Crippen LogP) is 0.126. The summed E-state index contributed by atoms with van der Waals surface area (Å²) in [4.78, 5) is 14.4. The molecule has 7 heteroatoms. The summed E-state index contributed by atoms with van der Waals surface area (Å²) in [6, 6.07) is 0. The molecule has 3 rings (SSSR count). The fourth-order valence-electron chi connectivity index (χ4n) is 2.06. The third-order valence-corrected chi connectivity index (χ3v) is 3.68. The molecule has 1 saturated heterocycles. The van der Waals surface area contributed by atoms with E-state index in [0.29, 0.717) is 23.5 Å². The number of hydrogen-bond acceptors (Lipinski definition) is 7. The molecule has 0 amide bonds. The van der Waals surface area contributed by atoms with Gasteiger partial charge in [-0.15, -0.1) is 5.10 Å². The molecule has 1 fully saturated rings. The van der Waals surface area contributed by atoms with Crippen molar-refractivity contribution in [3.8, 4) is 11.4 Å². The molecule has 1 N–H and O–H groups in total. The fraction of sp³-hybridized carbons (Fsp3) is 0.455. The van der Waals surface area contributed by atoms with Crippen molar-refractivity contribution in [1.82, 2.24) is 24.8 Å². The van der Waals surface area contributed by atoms with Crippen molar-refractivity contribution in [3.63, 3.8) is 0 Å². The Morgan fingerprint density at radius 3 is 3.11 bits per heavy atom. The molecular formula is C11H13N5OS. The van der Waals surface area contributed by atoms with Crippen LogP contribution < -0.4 is 5.32 Å². The molecule has 0 aromatic heterocycles. The third kappa shape index (κ3) is 2.24. The van der Waals surface area contributed by atoms with Gasteiger partial charge in [0.05, 0.1) is 18.3 Å². The molecule has 3 heterocycles. The molecule has 0 spiro atoms. The van der Waals surface area contributed by atoms with Crippen LogP contribution in [-0.4, -0.2) is 58.0 Å². The van der Waals surface area contributed by atoms with E-state index in [4.69, 9.17) is 0 Å². The highest BCUT2D eigenvalue weighted by atomic mass is 32.1. The monoisotopic (exact) mass is 263 g/mol. The maximum Gasteiger partial charge on any atom is 0.180 e. The Bertz CT molecular complexity index is 522. The molecule has 0 atom stereocenters. The van der Waals surface area contributed by atoms with E-state index in [0.717, 1.165) is 26.2 Å². The lowest BCUT2D eigenvalue weighted by Crippen LogP contribution is -2.45. The van der Waals surface area contributed by atoms with Crippen molar-refractivity contribution in [2.75, 3.05) is 32.7 Å². The maximum atomic E-state index is 12.3. The lowest BCUT2D eigenvalue weighted by Gasteiger charge is -2.26. The molecule has 6 nitrogen and oxygen atoms in total. The van der Waals surface area contributed by atoms with E-state index >= 15 is 0 Å². The van der Waals surface area contributed by atoms with Crippen LogP contribution in [0.4, 0.5) is 0 Å². The Morgan fingerprint density at radius 2 is 2.28 bits per heavy atom. The normalized spacial score (nSPS) is 17.1. The van der Waals surface area contributed by atoms with Gasteiger partial charge in [0.1, 0.15) is 11.4 Å². The van der Waals surface area contributed by atoms with Crippen LogP contribution in [0.3, 0.4) is 0 Å². The number of carbonyl (C=O) groups excluding carboxylic acids is 1. The minimum Gasteiger partial charge on any atom is -0.314 e. The van der Waals surface area contributed by atoms with Gasteiger partial charge in [-0.3, -0.25) is 9.69 Å². The van der Waals surface area contributed by atoms with Gasteiger partial charge in [-0.25, -0.2) is 0 Å². The second-order valence-corrected chi connectivity index (χ2v) is 4.89. The van der Waals surface area contributed by atoms with Crippen molar-refractivity contribution in [3.05, 3.63) is 17.1 Å². The lowest BCUT2D eigenvalue weighted by molar-refractivity contribution is 0.0922.